The number of carboxylic acids is 1. The Bertz CT molecular complexity index is 995. The summed E-state index contributed by atoms with van der Waals surface area (Å²) in [5.74, 6) is -2.35. The Labute approximate surface area is 190 Å². The Morgan fingerprint density at radius 3 is 2.30 bits per heavy atom. The molecule has 1 aliphatic carbocycles. The lowest BCUT2D eigenvalue weighted by molar-refractivity contribution is -0.145. The number of carboxylic acid groups (broad SMARTS) is 1. The molecule has 0 saturated carbocycles. The first kappa shape index (κ1) is 22.8. The zero-order chi connectivity index (χ0) is 23.4. The van der Waals surface area contributed by atoms with Crippen molar-refractivity contribution in [2.24, 2.45) is 5.92 Å². The van der Waals surface area contributed by atoms with Crippen LogP contribution < -0.4 is 10.6 Å². The normalized spacial score (nSPS) is 19.9. The van der Waals surface area contributed by atoms with Crippen molar-refractivity contribution in [2.45, 2.75) is 24.5 Å². The molecular weight excluding hydrogens is 428 g/mol. The van der Waals surface area contributed by atoms with Gasteiger partial charge in [0.05, 0.1) is 6.61 Å². The lowest BCUT2D eigenvalue weighted by Crippen LogP contribution is -2.49. The summed E-state index contributed by atoms with van der Waals surface area (Å²) in [6.07, 6.45) is -0.979. The van der Waals surface area contributed by atoms with E-state index in [1.54, 1.807) is 0 Å². The predicted molar refractivity (Wildman–Crippen MR) is 118 cm³/mol. The van der Waals surface area contributed by atoms with Crippen molar-refractivity contribution >= 4 is 18.0 Å². The number of aliphatic hydroxyl groups excluding tert-OH is 1. The minimum Gasteiger partial charge on any atom is -0.480 e. The predicted octanol–water partition coefficient (Wildman–Crippen LogP) is 1.49. The molecule has 2 aromatic rings. The van der Waals surface area contributed by atoms with Crippen LogP contribution >= 0.6 is 0 Å². The summed E-state index contributed by atoms with van der Waals surface area (Å²) < 4.78 is 10.9. The molecule has 4 rings (SSSR count). The van der Waals surface area contributed by atoms with E-state index in [2.05, 4.69) is 22.8 Å². The summed E-state index contributed by atoms with van der Waals surface area (Å²) in [5, 5.41) is 23.0. The molecule has 33 heavy (non-hydrogen) atoms. The van der Waals surface area contributed by atoms with Gasteiger partial charge in [-0.05, 0) is 28.7 Å². The van der Waals surface area contributed by atoms with Crippen LogP contribution in [0, 0.1) is 5.92 Å². The third kappa shape index (κ3) is 4.84. The number of aliphatic hydroxyl groups is 1. The molecule has 0 radical (unpaired) electrons. The molecule has 1 saturated heterocycles. The summed E-state index contributed by atoms with van der Waals surface area (Å²) >= 11 is 0. The maximum atomic E-state index is 12.4. The van der Waals surface area contributed by atoms with Gasteiger partial charge in [0.2, 0.25) is 5.91 Å². The highest BCUT2D eigenvalue weighted by Gasteiger charge is 2.36. The Morgan fingerprint density at radius 1 is 1.06 bits per heavy atom. The minimum absolute atomic E-state index is 0.0528. The molecule has 2 aliphatic rings. The fraction of sp³-hybridized carbons (Fsp3) is 0.375. The van der Waals surface area contributed by atoms with Crippen LogP contribution in [0.15, 0.2) is 48.5 Å². The highest BCUT2D eigenvalue weighted by molar-refractivity contribution is 5.87. The maximum absolute atomic E-state index is 12.4. The van der Waals surface area contributed by atoms with Gasteiger partial charge < -0.3 is 30.3 Å². The standard InChI is InChI=1S/C24H26N2O7/c27-12-20(23(29)30)26-22(28)21-14(9-10-32-21)11-25-24(31)33-13-19-17-7-3-1-5-15(17)16-6-2-4-8-18(16)19/h1-8,14,19-21,27H,9-13H2,(H,25,31)(H,26,28)(H,29,30)/t14-,20?,21-/m1/s1. The summed E-state index contributed by atoms with van der Waals surface area (Å²) in [5.41, 5.74) is 4.51. The average Bonchev–Trinajstić information content (AvgIpc) is 3.42. The van der Waals surface area contributed by atoms with Crippen LogP contribution in [0.1, 0.15) is 23.5 Å². The van der Waals surface area contributed by atoms with Crippen molar-refractivity contribution in [2.75, 3.05) is 26.4 Å². The number of aliphatic carboxylic acids is 1. The summed E-state index contributed by atoms with van der Waals surface area (Å²) in [4.78, 5) is 35.8. The van der Waals surface area contributed by atoms with Crippen LogP contribution in [0.4, 0.5) is 4.79 Å². The van der Waals surface area contributed by atoms with E-state index in [-0.39, 0.29) is 25.0 Å². The Morgan fingerprint density at radius 2 is 1.70 bits per heavy atom. The smallest absolute Gasteiger partial charge is 0.407 e. The van der Waals surface area contributed by atoms with E-state index < -0.39 is 36.7 Å². The van der Waals surface area contributed by atoms with Crippen molar-refractivity contribution in [3.05, 3.63) is 59.7 Å². The topological polar surface area (TPSA) is 134 Å². The number of hydrogen-bond acceptors (Lipinski definition) is 6. The second-order valence-electron chi connectivity index (χ2n) is 8.13. The average molecular weight is 454 g/mol. The van der Waals surface area contributed by atoms with Gasteiger partial charge in [-0.15, -0.1) is 0 Å². The minimum atomic E-state index is -1.41. The number of carbonyl (C=O) groups excluding carboxylic acids is 2. The molecule has 1 aliphatic heterocycles. The zero-order valence-electron chi connectivity index (χ0n) is 17.9. The van der Waals surface area contributed by atoms with E-state index in [9.17, 15) is 14.4 Å². The summed E-state index contributed by atoms with van der Waals surface area (Å²) in [6, 6.07) is 14.7. The first-order chi connectivity index (χ1) is 16.0. The molecular formula is C24H26N2O7. The molecule has 0 spiro atoms. The molecule has 1 unspecified atom stereocenters. The van der Waals surface area contributed by atoms with Gasteiger partial charge in [0.15, 0.2) is 0 Å². The van der Waals surface area contributed by atoms with Gasteiger partial charge in [-0.2, -0.15) is 0 Å². The Hall–Kier alpha value is -3.43. The number of benzene rings is 2. The van der Waals surface area contributed by atoms with Gasteiger partial charge in [-0.3, -0.25) is 4.79 Å². The third-order valence-electron chi connectivity index (χ3n) is 6.12. The second kappa shape index (κ2) is 10.0. The van der Waals surface area contributed by atoms with Crippen LogP contribution in [0.25, 0.3) is 11.1 Å². The van der Waals surface area contributed by atoms with Gasteiger partial charge in [-0.25, -0.2) is 9.59 Å². The van der Waals surface area contributed by atoms with E-state index in [0.717, 1.165) is 22.3 Å². The van der Waals surface area contributed by atoms with E-state index in [1.165, 1.54) is 0 Å². The van der Waals surface area contributed by atoms with E-state index >= 15 is 0 Å². The largest absolute Gasteiger partial charge is 0.480 e. The number of ether oxygens (including phenoxy) is 2. The van der Waals surface area contributed by atoms with Crippen molar-refractivity contribution in [1.29, 1.82) is 0 Å². The highest BCUT2D eigenvalue weighted by Crippen LogP contribution is 2.44. The molecule has 2 amide bonds. The molecule has 0 aromatic heterocycles. The van der Waals surface area contributed by atoms with Crippen LogP contribution in [0.3, 0.4) is 0 Å². The molecule has 4 N–H and O–H groups in total. The highest BCUT2D eigenvalue weighted by atomic mass is 16.5. The first-order valence-corrected chi connectivity index (χ1v) is 10.8. The monoisotopic (exact) mass is 454 g/mol. The van der Waals surface area contributed by atoms with Crippen molar-refractivity contribution in [1.82, 2.24) is 10.6 Å². The molecule has 0 bridgehead atoms. The van der Waals surface area contributed by atoms with Crippen LogP contribution in [-0.2, 0) is 19.1 Å². The second-order valence-corrected chi connectivity index (χ2v) is 8.13. The quantitative estimate of drug-likeness (QED) is 0.475. The van der Waals surface area contributed by atoms with Gasteiger partial charge in [0.1, 0.15) is 18.8 Å². The Balaban J connectivity index is 1.31. The van der Waals surface area contributed by atoms with Gasteiger partial charge in [0.25, 0.3) is 0 Å². The van der Waals surface area contributed by atoms with Crippen LogP contribution in [0.2, 0.25) is 0 Å². The lowest BCUT2D eigenvalue weighted by Gasteiger charge is -2.21. The molecule has 1 fully saturated rings. The number of fused-ring (bicyclic) bond motifs is 3. The third-order valence-corrected chi connectivity index (χ3v) is 6.12. The number of hydrogen-bond donors (Lipinski definition) is 4. The fourth-order valence-electron chi connectivity index (χ4n) is 4.44. The van der Waals surface area contributed by atoms with Crippen molar-refractivity contribution in [3.63, 3.8) is 0 Å². The van der Waals surface area contributed by atoms with Crippen molar-refractivity contribution in [3.8, 4) is 11.1 Å². The van der Waals surface area contributed by atoms with Crippen LogP contribution in [-0.4, -0.2) is 66.7 Å². The van der Waals surface area contributed by atoms with Gasteiger partial charge >= 0.3 is 12.1 Å². The number of amides is 2. The zero-order valence-corrected chi connectivity index (χ0v) is 17.9. The molecule has 3 atom stereocenters. The maximum Gasteiger partial charge on any atom is 0.407 e. The van der Waals surface area contributed by atoms with Crippen LogP contribution in [0.5, 0.6) is 0 Å². The van der Waals surface area contributed by atoms with E-state index in [4.69, 9.17) is 19.7 Å². The number of alkyl carbamates (subject to hydrolysis) is 1. The molecule has 9 nitrogen and oxygen atoms in total. The SMILES string of the molecule is O=C(NC[C@H]1CCO[C@H]1C(=O)NC(CO)C(=O)O)OCC1c2ccccc2-c2ccccc21. The molecule has 174 valence electrons. The number of rotatable bonds is 8. The molecule has 9 heteroatoms. The fourth-order valence-corrected chi connectivity index (χ4v) is 4.44. The lowest BCUT2D eigenvalue weighted by atomic mass is 9.98. The number of nitrogens with one attached hydrogen (secondary N) is 2. The molecule has 1 heterocycles. The van der Waals surface area contributed by atoms with E-state index in [1.807, 2.05) is 36.4 Å². The van der Waals surface area contributed by atoms with Gasteiger partial charge in [-0.1, -0.05) is 48.5 Å². The summed E-state index contributed by atoms with van der Waals surface area (Å²) in [7, 11) is 0. The first-order valence-electron chi connectivity index (χ1n) is 10.8. The summed E-state index contributed by atoms with van der Waals surface area (Å²) in [6.45, 7) is -0.0875. The Kier molecular flexibility index (Phi) is 6.90. The van der Waals surface area contributed by atoms with Gasteiger partial charge in [0, 0.05) is 25.0 Å². The number of carbonyl (C=O) groups is 3. The van der Waals surface area contributed by atoms with Crippen molar-refractivity contribution < 1.29 is 34.1 Å². The molecule has 2 aromatic carbocycles. The van der Waals surface area contributed by atoms with E-state index in [0.29, 0.717) is 13.0 Å².